The Morgan fingerprint density at radius 2 is 2.00 bits per heavy atom. The highest BCUT2D eigenvalue weighted by Crippen LogP contribution is 2.34. The van der Waals surface area contributed by atoms with Crippen LogP contribution in [0.2, 0.25) is 5.15 Å². The van der Waals surface area contributed by atoms with Gasteiger partial charge in [-0.15, -0.1) is 0 Å². The van der Waals surface area contributed by atoms with Gasteiger partial charge in [0.05, 0.1) is 4.91 Å². The van der Waals surface area contributed by atoms with E-state index in [0.29, 0.717) is 20.9 Å². The molecule has 0 saturated carbocycles. The number of aromatic nitrogens is 1. The Bertz CT molecular complexity index is 774. The van der Waals surface area contributed by atoms with Gasteiger partial charge in [0.15, 0.2) is 10.3 Å². The number of rotatable bonds is 2. The molecule has 0 radical (unpaired) electrons. The van der Waals surface area contributed by atoms with Gasteiger partial charge in [-0.1, -0.05) is 41.9 Å². The van der Waals surface area contributed by atoms with Crippen molar-refractivity contribution in [1.82, 2.24) is 9.88 Å². The maximum atomic E-state index is 12.3. The highest BCUT2D eigenvalue weighted by Gasteiger charge is 2.30. The summed E-state index contributed by atoms with van der Waals surface area (Å²) in [5.74, 6) is -0.0763. The fourth-order valence-electron chi connectivity index (χ4n) is 1.92. The molecule has 1 aromatic heterocycles. The van der Waals surface area contributed by atoms with Crippen molar-refractivity contribution in [3.63, 3.8) is 0 Å². The van der Waals surface area contributed by atoms with Crippen LogP contribution in [0.15, 0.2) is 58.6 Å². The highest BCUT2D eigenvalue weighted by atomic mass is 35.5. The lowest BCUT2D eigenvalue weighted by Crippen LogP contribution is -2.23. The number of benzene rings is 1. The first-order chi connectivity index (χ1) is 10.6. The lowest BCUT2D eigenvalue weighted by atomic mass is 10.2. The van der Waals surface area contributed by atoms with Crippen molar-refractivity contribution in [1.29, 1.82) is 0 Å². The van der Waals surface area contributed by atoms with Crippen molar-refractivity contribution in [2.24, 2.45) is 4.99 Å². The molecular weight excluding hydrogens is 318 g/mol. The first kappa shape index (κ1) is 14.8. The van der Waals surface area contributed by atoms with E-state index in [9.17, 15) is 4.79 Å². The van der Waals surface area contributed by atoms with Crippen molar-refractivity contribution >= 4 is 46.2 Å². The molecule has 3 rings (SSSR count). The Morgan fingerprint density at radius 3 is 2.73 bits per heavy atom. The first-order valence-electron chi connectivity index (χ1n) is 6.57. The number of halogens is 1. The average molecular weight is 330 g/mol. The molecule has 0 bridgehead atoms. The number of pyridine rings is 1. The van der Waals surface area contributed by atoms with E-state index in [1.165, 1.54) is 16.7 Å². The second-order valence-electron chi connectivity index (χ2n) is 4.59. The van der Waals surface area contributed by atoms with Gasteiger partial charge >= 0.3 is 0 Å². The van der Waals surface area contributed by atoms with Gasteiger partial charge in [0.25, 0.3) is 5.91 Å². The van der Waals surface area contributed by atoms with E-state index in [0.717, 1.165) is 5.56 Å². The predicted molar refractivity (Wildman–Crippen MR) is 91.1 cm³/mol. The number of hydrogen-bond donors (Lipinski definition) is 0. The molecule has 1 saturated heterocycles. The van der Waals surface area contributed by atoms with E-state index in [4.69, 9.17) is 11.6 Å². The van der Waals surface area contributed by atoms with Gasteiger partial charge < -0.3 is 0 Å². The topological polar surface area (TPSA) is 45.6 Å². The minimum Gasteiger partial charge on any atom is -0.290 e. The number of amides is 1. The summed E-state index contributed by atoms with van der Waals surface area (Å²) in [4.78, 5) is 22.9. The minimum atomic E-state index is -0.0763. The van der Waals surface area contributed by atoms with E-state index in [2.05, 4.69) is 9.98 Å². The zero-order valence-electron chi connectivity index (χ0n) is 11.7. The number of carbonyl (C=O) groups excluding carboxylic acids is 1. The molecule has 0 atom stereocenters. The van der Waals surface area contributed by atoms with Crippen LogP contribution in [0.5, 0.6) is 0 Å². The van der Waals surface area contributed by atoms with Crippen LogP contribution in [0.1, 0.15) is 5.56 Å². The molecule has 1 aliphatic heterocycles. The Labute approximate surface area is 137 Å². The summed E-state index contributed by atoms with van der Waals surface area (Å²) in [6.07, 6.45) is 3.46. The van der Waals surface area contributed by atoms with Gasteiger partial charge in [0.2, 0.25) is 0 Å². The third-order valence-electron chi connectivity index (χ3n) is 3.06. The molecule has 2 aromatic rings. The molecule has 0 spiro atoms. The molecule has 1 amide bonds. The van der Waals surface area contributed by atoms with Crippen LogP contribution in [-0.2, 0) is 4.79 Å². The van der Waals surface area contributed by atoms with Crippen LogP contribution in [0.25, 0.3) is 6.08 Å². The summed E-state index contributed by atoms with van der Waals surface area (Å²) in [6.45, 7) is 0. The molecular formula is C16H12ClN3OS. The monoisotopic (exact) mass is 329 g/mol. The van der Waals surface area contributed by atoms with E-state index in [-0.39, 0.29) is 5.91 Å². The average Bonchev–Trinajstić information content (AvgIpc) is 2.79. The standard InChI is InChI=1S/C16H12ClN3OS/c1-20-15(21)13(10-11-6-3-2-4-7-11)22-16(20)19-12-8-5-9-18-14(12)17/h2-10H,1H3/b13-10-,19-16?. The quantitative estimate of drug-likeness (QED) is 0.618. The maximum absolute atomic E-state index is 12.3. The zero-order valence-corrected chi connectivity index (χ0v) is 13.3. The number of carbonyl (C=O) groups is 1. The van der Waals surface area contributed by atoms with Crippen LogP contribution in [0.4, 0.5) is 5.69 Å². The maximum Gasteiger partial charge on any atom is 0.266 e. The number of aliphatic imine (C=N–C) groups is 1. The van der Waals surface area contributed by atoms with Crippen molar-refractivity contribution in [3.8, 4) is 0 Å². The Balaban J connectivity index is 1.92. The smallest absolute Gasteiger partial charge is 0.266 e. The van der Waals surface area contributed by atoms with Crippen molar-refractivity contribution in [2.45, 2.75) is 0 Å². The van der Waals surface area contributed by atoms with E-state index >= 15 is 0 Å². The molecule has 6 heteroatoms. The number of amidine groups is 1. The largest absolute Gasteiger partial charge is 0.290 e. The fraction of sp³-hybridized carbons (Fsp3) is 0.0625. The summed E-state index contributed by atoms with van der Waals surface area (Å²) in [7, 11) is 1.70. The third kappa shape index (κ3) is 3.05. The van der Waals surface area contributed by atoms with Crippen molar-refractivity contribution < 1.29 is 4.79 Å². The van der Waals surface area contributed by atoms with Gasteiger partial charge in [-0.2, -0.15) is 0 Å². The predicted octanol–water partition coefficient (Wildman–Crippen LogP) is 3.97. The van der Waals surface area contributed by atoms with E-state index in [1.807, 2.05) is 36.4 Å². The summed E-state index contributed by atoms with van der Waals surface area (Å²) in [5, 5.41) is 0.902. The summed E-state index contributed by atoms with van der Waals surface area (Å²) in [5.41, 5.74) is 1.53. The molecule has 110 valence electrons. The fourth-order valence-corrected chi connectivity index (χ4v) is 3.06. The van der Waals surface area contributed by atoms with Gasteiger partial charge in [0.1, 0.15) is 5.69 Å². The Kier molecular flexibility index (Phi) is 4.27. The van der Waals surface area contributed by atoms with Gasteiger partial charge in [-0.3, -0.25) is 9.69 Å². The number of nitrogens with zero attached hydrogens (tertiary/aromatic N) is 3. The molecule has 22 heavy (non-hydrogen) atoms. The van der Waals surface area contributed by atoms with Crippen LogP contribution >= 0.6 is 23.4 Å². The molecule has 1 aliphatic rings. The summed E-state index contributed by atoms with van der Waals surface area (Å²) < 4.78 is 0. The molecule has 1 aromatic carbocycles. The van der Waals surface area contributed by atoms with E-state index in [1.54, 1.807) is 25.4 Å². The number of likely N-dealkylation sites (N-methyl/N-ethyl adjacent to an activating group) is 1. The first-order valence-corrected chi connectivity index (χ1v) is 7.76. The minimum absolute atomic E-state index is 0.0763. The summed E-state index contributed by atoms with van der Waals surface area (Å²) in [6, 6.07) is 13.2. The van der Waals surface area contributed by atoms with E-state index < -0.39 is 0 Å². The SMILES string of the molecule is CN1C(=O)/C(=C/c2ccccc2)SC1=Nc1cccnc1Cl. The molecule has 0 unspecified atom stereocenters. The normalized spacial score (nSPS) is 18.5. The highest BCUT2D eigenvalue weighted by molar-refractivity contribution is 8.18. The molecule has 4 nitrogen and oxygen atoms in total. The van der Waals surface area contributed by atoms with Crippen LogP contribution in [-0.4, -0.2) is 28.0 Å². The number of thioether (sulfide) groups is 1. The second kappa shape index (κ2) is 6.34. The van der Waals surface area contributed by atoms with Crippen LogP contribution in [0.3, 0.4) is 0 Å². The number of hydrogen-bond acceptors (Lipinski definition) is 4. The molecule has 2 heterocycles. The molecule has 1 fully saturated rings. The Morgan fingerprint density at radius 1 is 1.23 bits per heavy atom. The lowest BCUT2D eigenvalue weighted by Gasteiger charge is -2.07. The zero-order chi connectivity index (χ0) is 15.5. The van der Waals surface area contributed by atoms with Gasteiger partial charge in [0, 0.05) is 13.2 Å². The molecule has 0 aliphatic carbocycles. The van der Waals surface area contributed by atoms with Gasteiger partial charge in [-0.25, -0.2) is 9.98 Å². The van der Waals surface area contributed by atoms with Crippen molar-refractivity contribution in [3.05, 3.63) is 64.3 Å². The van der Waals surface area contributed by atoms with Crippen LogP contribution in [0, 0.1) is 0 Å². The lowest BCUT2D eigenvalue weighted by molar-refractivity contribution is -0.121. The molecule has 0 N–H and O–H groups in total. The third-order valence-corrected chi connectivity index (χ3v) is 4.41. The van der Waals surface area contributed by atoms with Gasteiger partial charge in [-0.05, 0) is 35.5 Å². The second-order valence-corrected chi connectivity index (χ2v) is 5.96. The summed E-state index contributed by atoms with van der Waals surface area (Å²) >= 11 is 7.33. The Hall–Kier alpha value is -2.11. The van der Waals surface area contributed by atoms with Crippen molar-refractivity contribution in [2.75, 3.05) is 7.05 Å². The van der Waals surface area contributed by atoms with Crippen LogP contribution < -0.4 is 0 Å².